The number of carbonyl (C=O) groups is 2. The van der Waals surface area contributed by atoms with Crippen LogP contribution in [0.2, 0.25) is 0 Å². The minimum Gasteiger partial charge on any atom is -0.493 e. The number of nitrogens with one attached hydrogen (secondary N) is 1. The quantitative estimate of drug-likeness (QED) is 0.525. The van der Waals surface area contributed by atoms with Crippen molar-refractivity contribution in [3.05, 3.63) is 59.3 Å². The zero-order chi connectivity index (χ0) is 20.5. The van der Waals surface area contributed by atoms with Crippen LogP contribution in [0.25, 0.3) is 10.9 Å². The number of aromatic nitrogens is 1. The Hall–Kier alpha value is -3.28. The fraction of sp³-hybridized carbons (Fsp3) is 0.304. The molecule has 2 aromatic carbocycles. The Labute approximate surface area is 169 Å². The molecule has 1 aliphatic rings. The molecule has 0 radical (unpaired) electrons. The van der Waals surface area contributed by atoms with Crippen LogP contribution < -0.4 is 9.47 Å². The Morgan fingerprint density at radius 1 is 1.07 bits per heavy atom. The summed E-state index contributed by atoms with van der Waals surface area (Å²) in [5.41, 5.74) is 2.98. The summed E-state index contributed by atoms with van der Waals surface area (Å²) >= 11 is 0. The Morgan fingerprint density at radius 2 is 1.83 bits per heavy atom. The fourth-order valence-electron chi connectivity index (χ4n) is 4.22. The van der Waals surface area contributed by atoms with Gasteiger partial charge in [0.15, 0.2) is 11.5 Å². The first kappa shape index (κ1) is 19.1. The van der Waals surface area contributed by atoms with Crippen molar-refractivity contribution in [2.75, 3.05) is 20.8 Å². The molecule has 150 valence electrons. The molecule has 1 saturated heterocycles. The van der Waals surface area contributed by atoms with E-state index >= 15 is 0 Å². The number of hydrogen-bond acceptors (Lipinski definition) is 4. The van der Waals surface area contributed by atoms with Crippen LogP contribution in [-0.4, -0.2) is 42.3 Å². The first-order valence-corrected chi connectivity index (χ1v) is 9.69. The van der Waals surface area contributed by atoms with Crippen molar-refractivity contribution in [3.63, 3.8) is 0 Å². The number of rotatable bonds is 5. The van der Waals surface area contributed by atoms with E-state index in [2.05, 4.69) is 4.98 Å². The first-order chi connectivity index (χ1) is 14.0. The Morgan fingerprint density at radius 3 is 2.59 bits per heavy atom. The summed E-state index contributed by atoms with van der Waals surface area (Å²) in [5, 5.41) is 0.783. The lowest BCUT2D eigenvalue weighted by Gasteiger charge is -2.25. The van der Waals surface area contributed by atoms with E-state index in [1.807, 2.05) is 49.4 Å². The number of fused-ring (bicyclic) bond motifs is 1. The number of ether oxygens (including phenoxy) is 2. The Bertz CT molecular complexity index is 1090. The fourth-order valence-corrected chi connectivity index (χ4v) is 4.22. The minimum atomic E-state index is -0.465. The molecule has 1 atom stereocenters. The number of nitrogens with zero attached hydrogens (tertiary/aromatic N) is 1. The molecular formula is C23H24N2O4. The molecule has 0 aliphatic carbocycles. The van der Waals surface area contributed by atoms with Gasteiger partial charge in [-0.2, -0.15) is 0 Å². The lowest BCUT2D eigenvalue weighted by atomic mass is 10.0. The second-order valence-corrected chi connectivity index (χ2v) is 7.27. The molecule has 1 aromatic heterocycles. The molecule has 4 rings (SSSR count). The number of aryl methyl sites for hydroxylation is 1. The highest BCUT2D eigenvalue weighted by Crippen LogP contribution is 2.37. The van der Waals surface area contributed by atoms with E-state index < -0.39 is 11.7 Å². The number of methoxy groups -OCH3 is 2. The van der Waals surface area contributed by atoms with Crippen LogP contribution >= 0.6 is 0 Å². The van der Waals surface area contributed by atoms with Crippen molar-refractivity contribution in [3.8, 4) is 11.5 Å². The van der Waals surface area contributed by atoms with E-state index in [9.17, 15) is 9.59 Å². The lowest BCUT2D eigenvalue weighted by molar-refractivity contribution is -0.127. The number of ketones is 1. The summed E-state index contributed by atoms with van der Waals surface area (Å²) in [6, 6.07) is 13.1. The minimum absolute atomic E-state index is 0.156. The van der Waals surface area contributed by atoms with Crippen LogP contribution in [0, 0.1) is 6.92 Å². The summed E-state index contributed by atoms with van der Waals surface area (Å²) in [6.45, 7) is 2.39. The van der Waals surface area contributed by atoms with Gasteiger partial charge in [0, 0.05) is 23.1 Å². The summed E-state index contributed by atoms with van der Waals surface area (Å²) in [6.07, 6.45) is 1.66. The largest absolute Gasteiger partial charge is 0.493 e. The molecule has 0 spiro atoms. The highest BCUT2D eigenvalue weighted by molar-refractivity contribution is 6.45. The maximum atomic E-state index is 13.2. The molecule has 0 bridgehead atoms. The highest BCUT2D eigenvalue weighted by Gasteiger charge is 2.35. The number of aromatic amines is 1. The topological polar surface area (TPSA) is 71.6 Å². The second-order valence-electron chi connectivity index (χ2n) is 7.27. The van der Waals surface area contributed by atoms with Gasteiger partial charge in [0.25, 0.3) is 11.7 Å². The summed E-state index contributed by atoms with van der Waals surface area (Å²) < 4.78 is 10.7. The number of Topliss-reactive ketones (excluding diaryl/α,β-unsaturated/α-hetero) is 1. The van der Waals surface area contributed by atoms with Crippen LogP contribution in [0.3, 0.4) is 0 Å². The predicted molar refractivity (Wildman–Crippen MR) is 111 cm³/mol. The van der Waals surface area contributed by atoms with Gasteiger partial charge in [0.1, 0.15) is 0 Å². The van der Waals surface area contributed by atoms with E-state index in [0.29, 0.717) is 29.3 Å². The van der Waals surface area contributed by atoms with Gasteiger partial charge in [-0.15, -0.1) is 0 Å². The van der Waals surface area contributed by atoms with E-state index in [-0.39, 0.29) is 6.04 Å². The van der Waals surface area contributed by atoms with Gasteiger partial charge in [-0.3, -0.25) is 9.59 Å². The third-order valence-corrected chi connectivity index (χ3v) is 5.62. The van der Waals surface area contributed by atoms with Gasteiger partial charge < -0.3 is 19.4 Å². The van der Waals surface area contributed by atoms with Crippen molar-refractivity contribution in [2.45, 2.75) is 25.8 Å². The molecule has 1 fully saturated rings. The van der Waals surface area contributed by atoms with Gasteiger partial charge in [-0.05, 0) is 43.5 Å². The third-order valence-electron chi connectivity index (χ3n) is 5.62. The standard InChI is InChI=1S/C23H24N2O4/c1-14-21(16-7-4-5-8-17(16)24-14)22(26)23(27)25-12-6-9-18(25)15-10-11-19(28-2)20(13-15)29-3/h4-5,7-8,10-11,13,18,24H,6,9,12H2,1-3H3. The van der Waals surface area contributed by atoms with Crippen LogP contribution in [0.4, 0.5) is 0 Å². The maximum absolute atomic E-state index is 13.2. The molecule has 6 nitrogen and oxygen atoms in total. The normalized spacial score (nSPS) is 16.2. The molecule has 1 aliphatic heterocycles. The molecule has 1 unspecified atom stereocenters. The van der Waals surface area contributed by atoms with E-state index in [4.69, 9.17) is 9.47 Å². The SMILES string of the molecule is COc1ccc(C2CCCN2C(=O)C(=O)c2c(C)[nH]c3ccccc23)cc1OC. The van der Waals surface area contributed by atoms with Gasteiger partial charge in [-0.25, -0.2) is 0 Å². The molecule has 0 saturated carbocycles. The zero-order valence-corrected chi connectivity index (χ0v) is 16.8. The smallest absolute Gasteiger partial charge is 0.295 e. The molecule has 2 heterocycles. The number of benzene rings is 2. The summed E-state index contributed by atoms with van der Waals surface area (Å²) in [5.74, 6) is 0.322. The van der Waals surface area contributed by atoms with Gasteiger partial charge in [0.05, 0.1) is 25.8 Å². The van der Waals surface area contributed by atoms with Crippen LogP contribution in [0.15, 0.2) is 42.5 Å². The highest BCUT2D eigenvalue weighted by atomic mass is 16.5. The number of H-pyrrole nitrogens is 1. The number of carbonyl (C=O) groups excluding carboxylic acids is 2. The van der Waals surface area contributed by atoms with Crippen LogP contribution in [0.1, 0.15) is 40.5 Å². The van der Waals surface area contributed by atoms with E-state index in [1.54, 1.807) is 19.1 Å². The third kappa shape index (κ3) is 3.24. The van der Waals surface area contributed by atoms with E-state index in [1.165, 1.54) is 0 Å². The lowest BCUT2D eigenvalue weighted by Crippen LogP contribution is -2.36. The van der Waals surface area contributed by atoms with Crippen molar-refractivity contribution in [1.29, 1.82) is 0 Å². The van der Waals surface area contributed by atoms with E-state index in [0.717, 1.165) is 29.3 Å². The zero-order valence-electron chi connectivity index (χ0n) is 16.8. The Balaban J connectivity index is 1.66. The maximum Gasteiger partial charge on any atom is 0.295 e. The second kappa shape index (κ2) is 7.62. The predicted octanol–water partition coefficient (Wildman–Crippen LogP) is 4.04. The molecule has 29 heavy (non-hydrogen) atoms. The molecule has 3 aromatic rings. The van der Waals surface area contributed by atoms with Crippen LogP contribution in [0.5, 0.6) is 11.5 Å². The number of likely N-dealkylation sites (tertiary alicyclic amines) is 1. The first-order valence-electron chi connectivity index (χ1n) is 9.69. The average molecular weight is 392 g/mol. The number of para-hydroxylation sites is 1. The number of amides is 1. The summed E-state index contributed by atoms with van der Waals surface area (Å²) in [4.78, 5) is 31.3. The average Bonchev–Trinajstić information content (AvgIpc) is 3.36. The van der Waals surface area contributed by atoms with Crippen molar-refractivity contribution >= 4 is 22.6 Å². The summed E-state index contributed by atoms with van der Waals surface area (Å²) in [7, 11) is 3.17. The molecule has 1 N–H and O–H groups in total. The van der Waals surface area contributed by atoms with Crippen molar-refractivity contribution in [1.82, 2.24) is 9.88 Å². The van der Waals surface area contributed by atoms with Gasteiger partial charge in [0.2, 0.25) is 0 Å². The van der Waals surface area contributed by atoms with Gasteiger partial charge >= 0.3 is 0 Å². The van der Waals surface area contributed by atoms with Crippen molar-refractivity contribution in [2.24, 2.45) is 0 Å². The molecule has 6 heteroatoms. The monoisotopic (exact) mass is 392 g/mol. The molecule has 1 amide bonds. The van der Waals surface area contributed by atoms with Gasteiger partial charge in [-0.1, -0.05) is 24.3 Å². The van der Waals surface area contributed by atoms with Crippen molar-refractivity contribution < 1.29 is 19.1 Å². The molecular weight excluding hydrogens is 368 g/mol. The van der Waals surface area contributed by atoms with Crippen LogP contribution in [-0.2, 0) is 4.79 Å². The number of hydrogen-bond donors (Lipinski definition) is 1. The Kier molecular flexibility index (Phi) is 5.01.